The van der Waals surface area contributed by atoms with Gasteiger partial charge >= 0.3 is 18.0 Å². The zero-order valence-corrected chi connectivity index (χ0v) is 17.8. The van der Waals surface area contributed by atoms with Gasteiger partial charge in [0.05, 0.1) is 6.54 Å². The lowest BCUT2D eigenvalue weighted by atomic mass is 9.97. The van der Waals surface area contributed by atoms with Gasteiger partial charge in [-0.2, -0.15) is 8.78 Å². The van der Waals surface area contributed by atoms with Crippen LogP contribution in [-0.2, 0) is 14.3 Å². The molecule has 0 aliphatic heterocycles. The first kappa shape index (κ1) is 22.7. The lowest BCUT2D eigenvalue weighted by molar-refractivity contribution is -0.155. The quantitative estimate of drug-likeness (QED) is 0.587. The highest BCUT2D eigenvalue weighted by atomic mass is 19.3. The molecular weight excluding hydrogens is 434 g/mol. The monoisotopic (exact) mass is 458 g/mol. The molecule has 1 saturated carbocycles. The molecule has 1 fully saturated rings. The summed E-state index contributed by atoms with van der Waals surface area (Å²) in [6.07, 6.45) is 0.137. The van der Waals surface area contributed by atoms with Gasteiger partial charge in [-0.15, -0.1) is 0 Å². The van der Waals surface area contributed by atoms with Gasteiger partial charge in [0.2, 0.25) is 0 Å². The highest BCUT2D eigenvalue weighted by molar-refractivity contribution is 5.91. The fourth-order valence-corrected chi connectivity index (χ4v) is 4.59. The minimum atomic E-state index is -3.99. The van der Waals surface area contributed by atoms with E-state index in [1.807, 2.05) is 59.2 Å². The molecule has 0 spiro atoms. The number of carboxylic acids is 1. The molecule has 7 nitrogen and oxygen atoms in total. The fraction of sp³-hybridized carbons (Fsp3) is 0.375. The maximum Gasteiger partial charge on any atom is 0.407 e. The Bertz CT molecular complexity index is 1040. The van der Waals surface area contributed by atoms with Gasteiger partial charge in [0.1, 0.15) is 12.1 Å². The van der Waals surface area contributed by atoms with Crippen LogP contribution in [0.1, 0.15) is 42.7 Å². The Labute approximate surface area is 189 Å². The van der Waals surface area contributed by atoms with E-state index in [2.05, 4.69) is 0 Å². The normalized spacial score (nSPS) is 16.5. The van der Waals surface area contributed by atoms with Crippen LogP contribution in [0.2, 0.25) is 0 Å². The van der Waals surface area contributed by atoms with Crippen molar-refractivity contribution in [1.29, 1.82) is 0 Å². The molecule has 0 radical (unpaired) electrons. The minimum Gasteiger partial charge on any atom is -0.480 e. The Kier molecular flexibility index (Phi) is 6.05. The zero-order valence-electron chi connectivity index (χ0n) is 17.8. The van der Waals surface area contributed by atoms with E-state index < -0.39 is 36.0 Å². The Morgan fingerprint density at radius 2 is 1.55 bits per heavy atom. The molecular formula is C24H24F2N2O5. The molecule has 9 heteroatoms. The number of alkyl carbamates (subject to hydrolysis) is 1. The molecule has 0 aromatic heterocycles. The van der Waals surface area contributed by atoms with Gasteiger partial charge in [0, 0.05) is 5.92 Å². The molecule has 4 rings (SSSR count). The van der Waals surface area contributed by atoms with Crippen LogP contribution in [0.5, 0.6) is 0 Å². The highest BCUT2D eigenvalue weighted by Gasteiger charge is 2.48. The van der Waals surface area contributed by atoms with Crippen molar-refractivity contribution in [2.45, 2.75) is 43.1 Å². The summed E-state index contributed by atoms with van der Waals surface area (Å²) in [7, 11) is 0. The van der Waals surface area contributed by atoms with E-state index in [1.165, 1.54) is 0 Å². The molecule has 2 amide bonds. The Balaban J connectivity index is 1.34. The van der Waals surface area contributed by atoms with Crippen molar-refractivity contribution >= 4 is 18.0 Å². The Morgan fingerprint density at radius 3 is 2.09 bits per heavy atom. The number of carboxylic acid groups (broad SMARTS) is 1. The number of hydrogen-bond acceptors (Lipinski definition) is 4. The number of halogens is 2. The summed E-state index contributed by atoms with van der Waals surface area (Å²) < 4.78 is 33.8. The second-order valence-electron chi connectivity index (χ2n) is 8.43. The van der Waals surface area contributed by atoms with Crippen LogP contribution in [0.25, 0.3) is 11.1 Å². The number of alkyl halides is 2. The lowest BCUT2D eigenvalue weighted by Gasteiger charge is -2.27. The van der Waals surface area contributed by atoms with Crippen molar-refractivity contribution in [3.63, 3.8) is 0 Å². The smallest absolute Gasteiger partial charge is 0.407 e. The molecule has 0 bridgehead atoms. The summed E-state index contributed by atoms with van der Waals surface area (Å²) in [5.74, 6) is -7.29. The molecule has 0 heterocycles. The van der Waals surface area contributed by atoms with E-state index in [1.54, 1.807) is 0 Å². The van der Waals surface area contributed by atoms with Crippen LogP contribution in [0.15, 0.2) is 48.5 Å². The molecule has 174 valence electrons. The summed E-state index contributed by atoms with van der Waals surface area (Å²) in [5, 5.41) is 13.3. The number of carbonyl (C=O) groups is 3. The number of carbonyl (C=O) groups excluding carboxylic acids is 2. The molecule has 2 aliphatic rings. The van der Waals surface area contributed by atoms with Crippen molar-refractivity contribution in [3.8, 4) is 11.1 Å². The molecule has 2 aliphatic carbocycles. The average Bonchev–Trinajstić information content (AvgIpc) is 3.40. The van der Waals surface area contributed by atoms with Gasteiger partial charge in [-0.05, 0) is 35.1 Å². The number of nitrogens with one attached hydrogen (secondary N) is 2. The predicted molar refractivity (Wildman–Crippen MR) is 115 cm³/mol. The summed E-state index contributed by atoms with van der Waals surface area (Å²) in [5.41, 5.74) is 2.33. The fourth-order valence-electron chi connectivity index (χ4n) is 4.59. The lowest BCUT2D eigenvalue weighted by Crippen LogP contribution is -2.58. The Hall–Kier alpha value is -3.49. The zero-order chi connectivity index (χ0) is 23.6. The topological polar surface area (TPSA) is 105 Å². The van der Waals surface area contributed by atoms with Crippen LogP contribution < -0.4 is 10.6 Å². The molecule has 0 saturated heterocycles. The number of aliphatic carboxylic acids is 1. The molecule has 3 N–H and O–H groups in total. The Morgan fingerprint density at radius 1 is 1.00 bits per heavy atom. The van der Waals surface area contributed by atoms with E-state index in [4.69, 9.17) is 4.74 Å². The molecule has 2 aromatic carbocycles. The second-order valence-corrected chi connectivity index (χ2v) is 8.43. The first-order valence-corrected chi connectivity index (χ1v) is 10.8. The van der Waals surface area contributed by atoms with Gasteiger partial charge in [-0.25, -0.2) is 9.59 Å². The number of ether oxygens (including phenoxy) is 1. The third kappa shape index (κ3) is 4.40. The van der Waals surface area contributed by atoms with E-state index >= 15 is 0 Å². The molecule has 0 atom stereocenters. The van der Waals surface area contributed by atoms with Crippen molar-refractivity contribution < 1.29 is 33.0 Å². The van der Waals surface area contributed by atoms with Crippen molar-refractivity contribution in [1.82, 2.24) is 10.6 Å². The van der Waals surface area contributed by atoms with Gasteiger partial charge in [0.25, 0.3) is 5.91 Å². The third-order valence-electron chi connectivity index (χ3n) is 6.35. The third-order valence-corrected chi connectivity index (χ3v) is 6.35. The first-order valence-electron chi connectivity index (χ1n) is 10.8. The van der Waals surface area contributed by atoms with Crippen LogP contribution in [0.3, 0.4) is 0 Å². The molecule has 0 unspecified atom stereocenters. The minimum absolute atomic E-state index is 0.0558. The van der Waals surface area contributed by atoms with Gasteiger partial charge in [0.15, 0.2) is 0 Å². The van der Waals surface area contributed by atoms with Crippen molar-refractivity contribution in [3.05, 3.63) is 59.7 Å². The highest BCUT2D eigenvalue weighted by Crippen LogP contribution is 2.44. The maximum absolute atomic E-state index is 14.3. The largest absolute Gasteiger partial charge is 0.480 e. The van der Waals surface area contributed by atoms with Gasteiger partial charge in [-0.1, -0.05) is 61.4 Å². The van der Waals surface area contributed by atoms with Crippen LogP contribution in [0.4, 0.5) is 13.6 Å². The summed E-state index contributed by atoms with van der Waals surface area (Å²) >= 11 is 0. The summed E-state index contributed by atoms with van der Waals surface area (Å²) in [6.45, 7) is -1.36. The molecule has 33 heavy (non-hydrogen) atoms. The number of fused-ring (bicyclic) bond motifs is 3. The summed E-state index contributed by atoms with van der Waals surface area (Å²) in [4.78, 5) is 35.7. The van der Waals surface area contributed by atoms with Gasteiger partial charge < -0.3 is 20.5 Å². The predicted octanol–water partition coefficient (Wildman–Crippen LogP) is 3.67. The summed E-state index contributed by atoms with van der Waals surface area (Å²) in [6, 6.07) is 15.4. The van der Waals surface area contributed by atoms with E-state index in [0.717, 1.165) is 22.3 Å². The van der Waals surface area contributed by atoms with E-state index in [9.17, 15) is 28.3 Å². The van der Waals surface area contributed by atoms with Crippen LogP contribution in [-0.4, -0.2) is 47.7 Å². The van der Waals surface area contributed by atoms with E-state index in [-0.39, 0.29) is 25.4 Å². The molecule has 2 aromatic rings. The van der Waals surface area contributed by atoms with Crippen molar-refractivity contribution in [2.24, 2.45) is 0 Å². The van der Waals surface area contributed by atoms with Crippen LogP contribution >= 0.6 is 0 Å². The average molecular weight is 458 g/mol. The number of benzene rings is 2. The standard InChI is InChI=1S/C24H24F2N2O5/c25-24(26,20(29)28-23(21(30)31)11-5-6-12-23)14-27-22(32)33-13-19-17-9-3-1-7-15(17)16-8-2-4-10-18(16)19/h1-4,7-10,19H,5-6,11-14H2,(H,27,32)(H,28,29)(H,30,31). The van der Waals surface area contributed by atoms with Gasteiger partial charge in [-0.3, -0.25) is 4.79 Å². The van der Waals surface area contributed by atoms with Crippen LogP contribution in [0, 0.1) is 0 Å². The van der Waals surface area contributed by atoms with Crippen molar-refractivity contribution in [2.75, 3.05) is 13.2 Å². The number of rotatable bonds is 7. The number of amides is 2. The first-order chi connectivity index (χ1) is 15.7. The maximum atomic E-state index is 14.3. The second kappa shape index (κ2) is 8.80. The van der Waals surface area contributed by atoms with E-state index in [0.29, 0.717) is 12.8 Å². The number of hydrogen-bond donors (Lipinski definition) is 3. The SMILES string of the molecule is O=C(NCC(F)(F)C(=O)NC1(C(=O)O)CCCC1)OCC1c2ccccc2-c2ccccc21.